The van der Waals surface area contributed by atoms with Crippen LogP contribution in [-0.2, 0) is 42.9 Å². The summed E-state index contributed by atoms with van der Waals surface area (Å²) in [4.78, 5) is 70.1. The van der Waals surface area contributed by atoms with Crippen LogP contribution in [0.3, 0.4) is 0 Å². The van der Waals surface area contributed by atoms with Gasteiger partial charge in [0.25, 0.3) is 0 Å². The van der Waals surface area contributed by atoms with Gasteiger partial charge in [0.05, 0.1) is 31.0 Å². The highest BCUT2D eigenvalue weighted by atomic mass is 19.4. The highest BCUT2D eigenvalue weighted by molar-refractivity contribution is 5.84. The molecule has 0 heterocycles. The molecule has 0 aliphatic rings. The third-order valence-corrected chi connectivity index (χ3v) is 5.71. The predicted octanol–water partition coefficient (Wildman–Crippen LogP) is 1.66. The summed E-state index contributed by atoms with van der Waals surface area (Å²) in [7, 11) is 0. The van der Waals surface area contributed by atoms with Crippen molar-refractivity contribution in [3.05, 3.63) is 0 Å². The van der Waals surface area contributed by atoms with E-state index in [0.717, 1.165) is 0 Å². The molecule has 1 atom stereocenters. The topological polar surface area (TPSA) is 208 Å². The zero-order chi connectivity index (χ0) is 36.4. The van der Waals surface area contributed by atoms with Crippen LogP contribution in [0, 0.1) is 11.3 Å². The summed E-state index contributed by atoms with van der Waals surface area (Å²) in [5.74, 6) is -7.87. The Labute approximate surface area is 265 Å². The summed E-state index contributed by atoms with van der Waals surface area (Å²) in [6.07, 6.45) is -13.7. The van der Waals surface area contributed by atoms with Crippen LogP contribution in [-0.4, -0.2) is 105 Å². The van der Waals surface area contributed by atoms with Crippen molar-refractivity contribution in [2.24, 2.45) is 16.4 Å². The summed E-state index contributed by atoms with van der Waals surface area (Å²) < 4.78 is 93.9. The van der Waals surface area contributed by atoms with E-state index in [1.165, 1.54) is 17.6 Å². The van der Waals surface area contributed by atoms with E-state index in [0.29, 0.717) is 0 Å². The fourth-order valence-corrected chi connectivity index (χ4v) is 3.42. The number of rotatable bonds is 19. The summed E-state index contributed by atoms with van der Waals surface area (Å²) in [5.41, 5.74) is 1.22. The van der Waals surface area contributed by atoms with Gasteiger partial charge in [0.15, 0.2) is 0 Å². The molecule has 0 aromatic heterocycles. The monoisotopic (exact) mass is 696 g/mol. The number of ether oxygens (including phenoxy) is 4. The fraction of sp³-hybridized carbons (Fsp3) is 0.731. The molecule has 0 aliphatic heterocycles. The van der Waals surface area contributed by atoms with Crippen LogP contribution in [0.5, 0.6) is 0 Å². The van der Waals surface area contributed by atoms with Crippen molar-refractivity contribution in [3.8, 4) is 0 Å². The molecule has 0 saturated heterocycles. The van der Waals surface area contributed by atoms with E-state index in [4.69, 9.17) is 24.1 Å². The molecular formula is C26H38F6N4O11. The number of alkyl halides is 6. The predicted molar refractivity (Wildman–Crippen MR) is 146 cm³/mol. The molecular weight excluding hydrogens is 658 g/mol. The Balaban J connectivity index is 4.61. The maximum Gasteiger partial charge on any atom is 0.471 e. The van der Waals surface area contributed by atoms with Gasteiger partial charge in [0, 0.05) is 12.1 Å². The van der Waals surface area contributed by atoms with Crippen molar-refractivity contribution in [2.75, 3.05) is 39.5 Å². The average molecular weight is 697 g/mol. The van der Waals surface area contributed by atoms with E-state index < -0.39 is 85.1 Å². The molecule has 15 nitrogen and oxygen atoms in total. The van der Waals surface area contributed by atoms with Crippen LogP contribution in [0.15, 0.2) is 5.10 Å². The zero-order valence-corrected chi connectivity index (χ0v) is 26.0. The smallest absolute Gasteiger partial charge is 0.463 e. The molecule has 0 rings (SSSR count). The van der Waals surface area contributed by atoms with Crippen molar-refractivity contribution in [2.45, 2.75) is 71.8 Å². The van der Waals surface area contributed by atoms with Crippen LogP contribution < -0.4 is 16.1 Å². The summed E-state index contributed by atoms with van der Waals surface area (Å²) >= 11 is 0. The number of nitrogens with one attached hydrogen (secondary N) is 3. The molecule has 0 aliphatic carbocycles. The second kappa shape index (κ2) is 20.1. The van der Waals surface area contributed by atoms with Gasteiger partial charge >= 0.3 is 48.2 Å². The Morgan fingerprint density at radius 1 is 0.809 bits per heavy atom. The van der Waals surface area contributed by atoms with Gasteiger partial charge in [-0.3, -0.25) is 24.0 Å². The van der Waals surface area contributed by atoms with Crippen LogP contribution in [0.4, 0.5) is 31.1 Å². The van der Waals surface area contributed by atoms with Crippen LogP contribution >= 0.6 is 0 Å². The number of carbonyl (C=O) groups is 6. The van der Waals surface area contributed by atoms with E-state index in [9.17, 15) is 55.1 Å². The number of halogens is 6. The van der Waals surface area contributed by atoms with Crippen molar-refractivity contribution < 1.29 is 79.2 Å². The van der Waals surface area contributed by atoms with Crippen LogP contribution in [0.1, 0.15) is 53.4 Å². The molecule has 0 spiro atoms. The Morgan fingerprint density at radius 3 is 1.85 bits per heavy atom. The highest BCUT2D eigenvalue weighted by Crippen LogP contribution is 2.27. The van der Waals surface area contributed by atoms with Crippen LogP contribution in [0.2, 0.25) is 0 Å². The molecule has 0 radical (unpaired) electrons. The third-order valence-electron chi connectivity index (χ3n) is 5.71. The number of carbonyl (C=O) groups excluding carboxylic acids is 6. The lowest BCUT2D eigenvalue weighted by Gasteiger charge is -2.25. The first-order valence-corrected chi connectivity index (χ1v) is 13.9. The van der Waals surface area contributed by atoms with Gasteiger partial charge in [-0.1, -0.05) is 6.92 Å². The number of hydrogen-bond acceptors (Lipinski definition) is 12. The standard InChI is InChI=1S/C26H38F6N4O11/c1-15(19(39)44-9-8-37)12-24(3,4)22(42)45-10-11-46-23(43)36-35-16(2)6-5-7-18(38)47-17(13-33-20(40)25(27,28)29)14-34-21(41)26(30,31)32/h15,17,37H,5-14H2,1-4H3,(H,33,40)(H,34,41)(H,36,43)/b35-16+. The Kier molecular flexibility index (Phi) is 18.4. The van der Waals surface area contributed by atoms with E-state index >= 15 is 0 Å². The van der Waals surface area contributed by atoms with Crippen molar-refractivity contribution in [3.63, 3.8) is 0 Å². The molecule has 0 aromatic rings. The highest BCUT2D eigenvalue weighted by Gasteiger charge is 2.40. The molecule has 21 heteroatoms. The maximum atomic E-state index is 12.4. The Bertz CT molecular complexity index is 1080. The Morgan fingerprint density at radius 2 is 1.34 bits per heavy atom. The van der Waals surface area contributed by atoms with Crippen molar-refractivity contribution in [1.29, 1.82) is 0 Å². The first-order chi connectivity index (χ1) is 21.6. The number of amides is 3. The number of nitrogens with zero attached hydrogens (tertiary/aromatic N) is 1. The van der Waals surface area contributed by atoms with Gasteiger partial charge in [-0.25, -0.2) is 10.2 Å². The normalized spacial score (nSPS) is 12.9. The second-order valence-corrected chi connectivity index (χ2v) is 10.5. The van der Waals surface area contributed by atoms with Gasteiger partial charge in [-0.2, -0.15) is 31.4 Å². The molecule has 0 saturated carbocycles. The van der Waals surface area contributed by atoms with Gasteiger partial charge in [-0.05, 0) is 40.0 Å². The molecule has 1 unspecified atom stereocenters. The summed E-state index contributed by atoms with van der Waals surface area (Å²) in [5, 5.41) is 15.1. The lowest BCUT2D eigenvalue weighted by atomic mass is 9.83. The number of aliphatic hydroxyl groups excluding tert-OH is 1. The minimum atomic E-state index is -5.31. The average Bonchev–Trinajstić information content (AvgIpc) is 2.96. The van der Waals surface area contributed by atoms with Crippen LogP contribution in [0.25, 0.3) is 0 Å². The maximum absolute atomic E-state index is 12.4. The second-order valence-electron chi connectivity index (χ2n) is 10.5. The minimum absolute atomic E-state index is 0.00491. The number of hydrogen-bond donors (Lipinski definition) is 4. The first-order valence-electron chi connectivity index (χ1n) is 13.9. The lowest BCUT2D eigenvalue weighted by molar-refractivity contribution is -0.175. The summed E-state index contributed by atoms with van der Waals surface area (Å²) in [6, 6.07) is 0. The van der Waals surface area contributed by atoms with Gasteiger partial charge in [0.1, 0.15) is 25.9 Å². The molecule has 270 valence electrons. The van der Waals surface area contributed by atoms with Gasteiger partial charge < -0.3 is 34.7 Å². The number of hydrazone groups is 1. The van der Waals surface area contributed by atoms with Gasteiger partial charge in [-0.15, -0.1) is 0 Å². The Hall–Kier alpha value is -4.17. The summed E-state index contributed by atoms with van der Waals surface area (Å²) in [6.45, 7) is 2.81. The zero-order valence-electron chi connectivity index (χ0n) is 26.0. The van der Waals surface area contributed by atoms with Crippen molar-refractivity contribution >= 4 is 41.5 Å². The lowest BCUT2D eigenvalue weighted by Crippen LogP contribution is -2.47. The molecule has 0 aromatic carbocycles. The van der Waals surface area contributed by atoms with E-state index in [-0.39, 0.29) is 51.4 Å². The number of esters is 3. The van der Waals surface area contributed by atoms with Gasteiger partial charge in [0.2, 0.25) is 0 Å². The van der Waals surface area contributed by atoms with Crippen molar-refractivity contribution in [1.82, 2.24) is 16.1 Å². The molecule has 4 N–H and O–H groups in total. The van der Waals surface area contributed by atoms with E-state index in [1.807, 2.05) is 5.43 Å². The molecule has 47 heavy (non-hydrogen) atoms. The van der Waals surface area contributed by atoms with E-state index in [2.05, 4.69) is 5.10 Å². The molecule has 0 fully saturated rings. The van der Waals surface area contributed by atoms with E-state index in [1.54, 1.807) is 20.8 Å². The number of aliphatic hydroxyl groups is 1. The fourth-order valence-electron chi connectivity index (χ4n) is 3.42. The quantitative estimate of drug-likeness (QED) is 0.0381. The largest absolute Gasteiger partial charge is 0.471 e. The molecule has 0 bridgehead atoms. The molecule has 3 amide bonds. The minimum Gasteiger partial charge on any atom is -0.463 e. The third kappa shape index (κ3) is 19.2. The SMILES string of the molecule is C/C(CCCC(=O)OC(CNC(=O)C(F)(F)F)CNC(=O)C(F)(F)F)=N\NC(=O)OCCOC(=O)C(C)(C)CC(C)C(=O)OCCO. The first kappa shape index (κ1) is 42.8.